The number of pyridine rings is 1. The molecule has 0 aliphatic carbocycles. The molecule has 47 heavy (non-hydrogen) atoms. The van der Waals surface area contributed by atoms with Crippen LogP contribution >= 0.6 is 0 Å². The summed E-state index contributed by atoms with van der Waals surface area (Å²) in [6.07, 6.45) is -0.732. The highest BCUT2D eigenvalue weighted by atomic mass is 19.4. The summed E-state index contributed by atoms with van der Waals surface area (Å²) in [6.45, 7) is 8.39. The molecule has 0 spiro atoms. The Kier molecular flexibility index (Phi) is 11.7. The molecule has 0 radical (unpaired) electrons. The Morgan fingerprint density at radius 2 is 1.09 bits per heavy atom. The molecule has 1 aromatic heterocycles. The van der Waals surface area contributed by atoms with Crippen LogP contribution in [0.2, 0.25) is 0 Å². The van der Waals surface area contributed by atoms with Crippen molar-refractivity contribution in [2.24, 2.45) is 0 Å². The largest absolute Gasteiger partial charge is 0.416 e. The van der Waals surface area contributed by atoms with Crippen LogP contribution in [0.3, 0.4) is 0 Å². The van der Waals surface area contributed by atoms with Crippen LogP contribution in [0.25, 0.3) is 10.8 Å². The van der Waals surface area contributed by atoms with Crippen LogP contribution in [0, 0.1) is 0 Å². The Bertz CT molecular complexity index is 1680. The van der Waals surface area contributed by atoms with Gasteiger partial charge in [0.2, 0.25) is 0 Å². The fourth-order valence-electron chi connectivity index (χ4n) is 5.89. The molecule has 0 aliphatic heterocycles. The number of anilines is 2. The third-order valence-corrected chi connectivity index (χ3v) is 8.70. The van der Waals surface area contributed by atoms with E-state index in [1.54, 1.807) is 6.07 Å². The quantitative estimate of drug-likeness (QED) is 0.150. The van der Waals surface area contributed by atoms with E-state index in [-0.39, 0.29) is 5.92 Å². The van der Waals surface area contributed by atoms with E-state index in [0.717, 1.165) is 48.5 Å². The van der Waals surface area contributed by atoms with Crippen molar-refractivity contribution < 1.29 is 13.2 Å². The Hall–Kier alpha value is -4.32. The first kappa shape index (κ1) is 35.5. The van der Waals surface area contributed by atoms with E-state index < -0.39 is 11.7 Å². The van der Waals surface area contributed by atoms with E-state index in [4.69, 9.17) is 0 Å². The summed E-state index contributed by atoms with van der Waals surface area (Å²) in [5, 5.41) is 1.43. The molecule has 5 rings (SSSR count). The Morgan fingerprint density at radius 3 is 1.49 bits per heavy atom. The van der Waals surface area contributed by atoms with Gasteiger partial charge in [-0.25, -0.2) is 0 Å². The molecule has 0 aliphatic rings. The summed E-state index contributed by atoms with van der Waals surface area (Å²) in [6, 6.07) is 30.7. The molecule has 3 nitrogen and oxygen atoms in total. The van der Waals surface area contributed by atoms with Crippen LogP contribution in [-0.4, -0.2) is 33.2 Å². The number of aryl methyl sites for hydroxylation is 4. The summed E-state index contributed by atoms with van der Waals surface area (Å²) < 4.78 is 38.0. The number of hydrogen-bond acceptors (Lipinski definition) is 3. The normalized spacial score (nSPS) is 11.4. The van der Waals surface area contributed by atoms with Gasteiger partial charge in [0.15, 0.2) is 0 Å². The topological polar surface area (TPSA) is 19.4 Å². The summed E-state index contributed by atoms with van der Waals surface area (Å²) in [7, 11) is 8.35. The number of rotatable bonds is 9. The third-order valence-electron chi connectivity index (χ3n) is 8.70. The Labute approximate surface area is 279 Å². The van der Waals surface area contributed by atoms with Crippen molar-refractivity contribution in [3.63, 3.8) is 0 Å². The zero-order valence-electron chi connectivity index (χ0n) is 29.0. The van der Waals surface area contributed by atoms with Gasteiger partial charge in [-0.15, -0.1) is 0 Å². The van der Waals surface area contributed by atoms with E-state index in [0.29, 0.717) is 5.39 Å². The minimum Gasteiger partial charge on any atom is -0.378 e. The minimum atomic E-state index is -4.30. The van der Waals surface area contributed by atoms with E-state index >= 15 is 0 Å². The summed E-state index contributed by atoms with van der Waals surface area (Å²) in [5.74, 6) is 0.235. The first-order valence-corrected chi connectivity index (χ1v) is 16.5. The third kappa shape index (κ3) is 8.73. The van der Waals surface area contributed by atoms with Gasteiger partial charge < -0.3 is 9.80 Å². The molecular weight excluding hydrogens is 591 g/mol. The van der Waals surface area contributed by atoms with Gasteiger partial charge in [0.1, 0.15) is 0 Å². The summed E-state index contributed by atoms with van der Waals surface area (Å²) in [4.78, 5) is 8.75. The lowest BCUT2D eigenvalue weighted by atomic mass is 9.83. The van der Waals surface area contributed by atoms with Crippen molar-refractivity contribution >= 4 is 22.1 Å². The number of halogens is 3. The molecule has 0 saturated carbocycles. The maximum Gasteiger partial charge on any atom is 0.416 e. The molecule has 0 amide bonds. The second-order valence-corrected chi connectivity index (χ2v) is 12.4. The lowest BCUT2D eigenvalue weighted by molar-refractivity contribution is -0.137. The molecule has 5 aromatic rings. The van der Waals surface area contributed by atoms with Gasteiger partial charge in [-0.2, -0.15) is 13.2 Å². The number of alkyl halides is 3. The maximum atomic E-state index is 12.7. The van der Waals surface area contributed by atoms with Crippen molar-refractivity contribution in [2.45, 2.75) is 65.5 Å². The van der Waals surface area contributed by atoms with Crippen molar-refractivity contribution in [1.29, 1.82) is 0 Å². The molecule has 4 aromatic carbocycles. The molecule has 1 heterocycles. The minimum absolute atomic E-state index is 0.235. The van der Waals surface area contributed by atoms with Crippen molar-refractivity contribution in [2.75, 3.05) is 38.0 Å². The standard InChI is InChI=1S/C27H34N2.C14H14F3N/c1-7-20-17-21(8-2)19-24(18-20)27(22-9-13-25(14-10-22)28(3)4)23-11-15-26(16-12-23)29(5)6;1-3-11-8-9-7-10(14(15,16)17)5-6-12(9)13(4-2)18-11/h9-19,27H,7-8H2,1-6H3;5-8H,3-4H2,1-2H3. The average molecular weight is 640 g/mol. The number of fused-ring (bicyclic) bond motifs is 1. The molecule has 0 unspecified atom stereocenters. The Morgan fingerprint density at radius 1 is 0.574 bits per heavy atom. The Balaban J connectivity index is 0.000000238. The second-order valence-electron chi connectivity index (χ2n) is 12.4. The molecule has 0 atom stereocenters. The van der Waals surface area contributed by atoms with Crippen molar-refractivity contribution in [3.8, 4) is 0 Å². The predicted octanol–water partition coefficient (Wildman–Crippen LogP) is 10.5. The van der Waals surface area contributed by atoms with Crippen LogP contribution in [0.15, 0.2) is 91.0 Å². The van der Waals surface area contributed by atoms with Gasteiger partial charge in [-0.3, -0.25) is 4.98 Å². The van der Waals surface area contributed by atoms with Crippen LogP contribution < -0.4 is 9.80 Å². The van der Waals surface area contributed by atoms with Crippen molar-refractivity contribution in [3.05, 3.63) is 136 Å². The van der Waals surface area contributed by atoms with Crippen LogP contribution in [0.5, 0.6) is 0 Å². The van der Waals surface area contributed by atoms with E-state index in [9.17, 15) is 13.2 Å². The van der Waals surface area contributed by atoms with Crippen LogP contribution in [0.4, 0.5) is 24.5 Å². The predicted molar refractivity (Wildman–Crippen MR) is 193 cm³/mol. The van der Waals surface area contributed by atoms with Gasteiger partial charge in [0.25, 0.3) is 0 Å². The van der Waals surface area contributed by atoms with Gasteiger partial charge in [0, 0.05) is 62.3 Å². The summed E-state index contributed by atoms with van der Waals surface area (Å²) in [5.41, 5.74) is 10.4. The first-order valence-electron chi connectivity index (χ1n) is 16.5. The lowest BCUT2D eigenvalue weighted by Crippen LogP contribution is -2.10. The monoisotopic (exact) mass is 639 g/mol. The molecule has 0 fully saturated rings. The van der Waals surface area contributed by atoms with Crippen molar-refractivity contribution in [1.82, 2.24) is 4.98 Å². The van der Waals surface area contributed by atoms with Gasteiger partial charge in [-0.1, -0.05) is 76.2 Å². The molecule has 248 valence electrons. The van der Waals surface area contributed by atoms with E-state index in [1.807, 2.05) is 13.8 Å². The molecule has 0 bridgehead atoms. The average Bonchev–Trinajstić information content (AvgIpc) is 3.07. The van der Waals surface area contributed by atoms with E-state index in [1.165, 1.54) is 51.3 Å². The smallest absolute Gasteiger partial charge is 0.378 e. The first-order chi connectivity index (χ1) is 22.4. The maximum absolute atomic E-state index is 12.7. The molecule has 0 saturated heterocycles. The number of aromatic nitrogens is 1. The fraction of sp³-hybridized carbons (Fsp3) is 0.341. The van der Waals surface area contributed by atoms with Gasteiger partial charge in [0.05, 0.1) is 5.56 Å². The summed E-state index contributed by atoms with van der Waals surface area (Å²) >= 11 is 0. The highest BCUT2D eigenvalue weighted by Gasteiger charge is 2.30. The highest BCUT2D eigenvalue weighted by Crippen LogP contribution is 2.35. The van der Waals surface area contributed by atoms with Gasteiger partial charge in [-0.05, 0) is 101 Å². The number of nitrogens with zero attached hydrogens (tertiary/aromatic N) is 3. The fourth-order valence-corrected chi connectivity index (χ4v) is 5.89. The molecular formula is C41H48F3N3. The van der Waals surface area contributed by atoms with Crippen LogP contribution in [-0.2, 0) is 31.9 Å². The SMILES string of the molecule is CCc1cc(CC)cc(C(c2ccc(N(C)C)cc2)c2ccc(N(C)C)cc2)c1.CCc1cc2cc(C(F)(F)F)ccc2c(CC)n1. The zero-order chi connectivity index (χ0) is 34.3. The second kappa shape index (κ2) is 15.5. The molecule has 0 N–H and O–H groups in total. The number of hydrogen-bond donors (Lipinski definition) is 0. The highest BCUT2D eigenvalue weighted by molar-refractivity contribution is 5.85. The zero-order valence-corrected chi connectivity index (χ0v) is 29.0. The molecule has 6 heteroatoms. The van der Waals surface area contributed by atoms with E-state index in [2.05, 4.69) is 124 Å². The number of benzene rings is 4. The van der Waals surface area contributed by atoms with Crippen LogP contribution in [0.1, 0.15) is 78.4 Å². The lowest BCUT2D eigenvalue weighted by Gasteiger charge is -2.23. The van der Waals surface area contributed by atoms with Gasteiger partial charge >= 0.3 is 6.18 Å².